The summed E-state index contributed by atoms with van der Waals surface area (Å²) in [6, 6.07) is 9.64. The molecule has 4 aromatic rings. The number of carbonyl (C=O) groups excluding carboxylic acids is 1. The van der Waals surface area contributed by atoms with E-state index in [1.54, 1.807) is 4.90 Å². The van der Waals surface area contributed by atoms with Crippen molar-refractivity contribution in [3.8, 4) is 11.3 Å². The molecule has 5 rings (SSSR count). The van der Waals surface area contributed by atoms with Crippen molar-refractivity contribution < 1.29 is 39.9 Å². The monoisotopic (exact) mass is 569 g/mol. The third-order valence-electron chi connectivity index (χ3n) is 6.55. The van der Waals surface area contributed by atoms with Crippen LogP contribution >= 0.6 is 0 Å². The fourth-order valence-corrected chi connectivity index (χ4v) is 4.40. The molecule has 0 N–H and O–H groups in total. The summed E-state index contributed by atoms with van der Waals surface area (Å²) in [6.07, 6.45) is -5.98. The molecule has 1 fully saturated rings. The molecule has 1 aliphatic heterocycles. The summed E-state index contributed by atoms with van der Waals surface area (Å²) in [4.78, 5) is 20.3. The first-order chi connectivity index (χ1) is 18.8. The van der Waals surface area contributed by atoms with E-state index in [-0.39, 0.29) is 54.1 Å². The van der Waals surface area contributed by atoms with Gasteiger partial charge < -0.3 is 4.90 Å². The van der Waals surface area contributed by atoms with Crippen LogP contribution in [-0.2, 0) is 12.5 Å². The number of benzene rings is 2. The van der Waals surface area contributed by atoms with Gasteiger partial charge in [-0.3, -0.25) is 9.69 Å². The standard InChI is InChI=1S/C26H19F8N5O/c27-17-6-4-15(5-7-17)19-12-21(25(30,31)26(32,33)34)39-22(35-19)13-20(36-39)24(40)38-10-8-37(9-11-38)14-16-2-1-3-18(28)23(16)29/h1-7,12-13H,8-11,14H2. The molecule has 1 aliphatic rings. The molecular weight excluding hydrogens is 550 g/mol. The summed E-state index contributed by atoms with van der Waals surface area (Å²) in [5, 5.41) is 3.74. The Morgan fingerprint density at radius 2 is 1.55 bits per heavy atom. The fraction of sp³-hybridized carbons (Fsp3) is 0.269. The van der Waals surface area contributed by atoms with Gasteiger partial charge in [-0.2, -0.15) is 27.1 Å². The lowest BCUT2D eigenvalue weighted by Gasteiger charge is -2.34. The molecule has 2 aromatic heterocycles. The summed E-state index contributed by atoms with van der Waals surface area (Å²) < 4.78 is 110. The SMILES string of the molecule is O=C(c1cc2nc(-c3ccc(F)cc3)cc(C(F)(F)C(F)(F)F)n2n1)N1CCN(Cc2cccc(F)c2F)CC1. The minimum atomic E-state index is -5.98. The molecule has 0 saturated carbocycles. The van der Waals surface area contributed by atoms with E-state index in [1.807, 2.05) is 0 Å². The lowest BCUT2D eigenvalue weighted by atomic mass is 10.1. The van der Waals surface area contributed by atoms with Crippen molar-refractivity contribution in [3.05, 3.63) is 89.0 Å². The molecular formula is C26H19F8N5O. The van der Waals surface area contributed by atoms with E-state index in [1.165, 1.54) is 29.2 Å². The van der Waals surface area contributed by atoms with E-state index >= 15 is 0 Å². The number of piperazine rings is 1. The van der Waals surface area contributed by atoms with Gasteiger partial charge in [0.25, 0.3) is 5.91 Å². The van der Waals surface area contributed by atoms with Crippen molar-refractivity contribution in [3.63, 3.8) is 0 Å². The molecule has 0 atom stereocenters. The zero-order valence-corrected chi connectivity index (χ0v) is 20.4. The number of fused-ring (bicyclic) bond motifs is 1. The lowest BCUT2D eigenvalue weighted by molar-refractivity contribution is -0.291. The second kappa shape index (κ2) is 10.2. The highest BCUT2D eigenvalue weighted by Gasteiger charge is 2.60. The van der Waals surface area contributed by atoms with Crippen molar-refractivity contribution in [2.75, 3.05) is 26.2 Å². The van der Waals surface area contributed by atoms with Crippen LogP contribution in [0, 0.1) is 17.5 Å². The number of amides is 1. The largest absolute Gasteiger partial charge is 0.459 e. The molecule has 40 heavy (non-hydrogen) atoms. The molecule has 1 saturated heterocycles. The number of hydrogen-bond donors (Lipinski definition) is 0. The number of halogens is 8. The number of aromatic nitrogens is 3. The van der Waals surface area contributed by atoms with Gasteiger partial charge in [-0.1, -0.05) is 12.1 Å². The van der Waals surface area contributed by atoms with Crippen molar-refractivity contribution in [1.29, 1.82) is 0 Å². The number of carbonyl (C=O) groups is 1. The molecule has 0 bridgehead atoms. The maximum Gasteiger partial charge on any atom is 0.459 e. The second-order valence-electron chi connectivity index (χ2n) is 9.19. The van der Waals surface area contributed by atoms with Crippen LogP contribution in [0.1, 0.15) is 21.7 Å². The molecule has 0 aliphatic carbocycles. The van der Waals surface area contributed by atoms with E-state index in [4.69, 9.17) is 0 Å². The summed E-state index contributed by atoms with van der Waals surface area (Å²) >= 11 is 0. The molecule has 0 unspecified atom stereocenters. The average Bonchev–Trinajstić information content (AvgIpc) is 3.35. The molecule has 1 amide bonds. The van der Waals surface area contributed by atoms with Crippen LogP contribution < -0.4 is 0 Å². The highest BCUT2D eigenvalue weighted by molar-refractivity contribution is 5.93. The topological polar surface area (TPSA) is 53.7 Å². The van der Waals surface area contributed by atoms with Crippen molar-refractivity contribution >= 4 is 11.6 Å². The average molecular weight is 569 g/mol. The first-order valence-corrected chi connectivity index (χ1v) is 11.9. The molecule has 2 aromatic carbocycles. The molecule has 6 nitrogen and oxygen atoms in total. The van der Waals surface area contributed by atoms with Gasteiger partial charge in [0.1, 0.15) is 11.5 Å². The summed E-state index contributed by atoms with van der Waals surface area (Å²) in [6.45, 7) is 0.845. The quantitative estimate of drug-likeness (QED) is 0.301. The number of rotatable bonds is 5. The van der Waals surface area contributed by atoms with Crippen LogP contribution in [0.4, 0.5) is 35.1 Å². The van der Waals surface area contributed by atoms with Crippen LogP contribution in [0.2, 0.25) is 0 Å². The van der Waals surface area contributed by atoms with E-state index in [0.29, 0.717) is 6.07 Å². The van der Waals surface area contributed by atoms with E-state index in [2.05, 4.69) is 10.1 Å². The van der Waals surface area contributed by atoms with Crippen LogP contribution in [0.3, 0.4) is 0 Å². The Labute approximate surface area is 221 Å². The second-order valence-corrected chi connectivity index (χ2v) is 9.19. The van der Waals surface area contributed by atoms with Crippen LogP contribution in [0.25, 0.3) is 16.9 Å². The highest BCUT2D eigenvalue weighted by Crippen LogP contribution is 2.44. The van der Waals surface area contributed by atoms with Gasteiger partial charge in [0.2, 0.25) is 0 Å². The lowest BCUT2D eigenvalue weighted by Crippen LogP contribution is -2.48. The molecule has 210 valence electrons. The molecule has 14 heteroatoms. The Kier molecular flexibility index (Phi) is 6.98. The van der Waals surface area contributed by atoms with Crippen molar-refractivity contribution in [2.24, 2.45) is 0 Å². The van der Waals surface area contributed by atoms with E-state index in [9.17, 15) is 39.9 Å². The van der Waals surface area contributed by atoms with Gasteiger partial charge in [-0.15, -0.1) is 0 Å². The Hall–Kier alpha value is -4.07. The van der Waals surface area contributed by atoms with Gasteiger partial charge in [0, 0.05) is 49.9 Å². The van der Waals surface area contributed by atoms with Crippen molar-refractivity contribution in [1.82, 2.24) is 24.4 Å². The normalized spacial score (nSPS) is 15.2. The Morgan fingerprint density at radius 3 is 2.20 bits per heavy atom. The third kappa shape index (κ3) is 5.10. The number of alkyl halides is 5. The van der Waals surface area contributed by atoms with Gasteiger partial charge >= 0.3 is 12.1 Å². The minimum absolute atomic E-state index is 0.0723. The Morgan fingerprint density at radius 1 is 0.875 bits per heavy atom. The van der Waals surface area contributed by atoms with E-state index in [0.717, 1.165) is 24.3 Å². The fourth-order valence-electron chi connectivity index (χ4n) is 4.40. The zero-order chi connectivity index (χ0) is 28.8. The van der Waals surface area contributed by atoms with Crippen LogP contribution in [0.15, 0.2) is 54.6 Å². The Balaban J connectivity index is 1.42. The summed E-state index contributed by atoms with van der Waals surface area (Å²) in [5.74, 6) is -8.68. The minimum Gasteiger partial charge on any atom is -0.335 e. The maximum atomic E-state index is 14.6. The molecule has 3 heterocycles. The van der Waals surface area contributed by atoms with Gasteiger partial charge in [-0.25, -0.2) is 22.7 Å². The molecule has 0 spiro atoms. The van der Waals surface area contributed by atoms with Crippen molar-refractivity contribution in [2.45, 2.75) is 18.6 Å². The summed E-state index contributed by atoms with van der Waals surface area (Å²) in [7, 11) is 0. The van der Waals surface area contributed by atoms with Gasteiger partial charge in [0.05, 0.1) is 5.69 Å². The van der Waals surface area contributed by atoms with Crippen LogP contribution in [-0.4, -0.2) is 62.7 Å². The predicted molar refractivity (Wildman–Crippen MR) is 126 cm³/mol. The smallest absolute Gasteiger partial charge is 0.335 e. The Bertz CT molecular complexity index is 1560. The van der Waals surface area contributed by atoms with Crippen LogP contribution in [0.5, 0.6) is 0 Å². The zero-order valence-electron chi connectivity index (χ0n) is 20.4. The third-order valence-corrected chi connectivity index (χ3v) is 6.55. The van der Waals surface area contributed by atoms with Gasteiger partial charge in [0.15, 0.2) is 23.0 Å². The number of nitrogens with zero attached hydrogens (tertiary/aromatic N) is 5. The molecule has 0 radical (unpaired) electrons. The number of hydrogen-bond acceptors (Lipinski definition) is 4. The summed E-state index contributed by atoms with van der Waals surface area (Å²) in [5.41, 5.74) is -2.50. The van der Waals surface area contributed by atoms with E-state index < -0.39 is 52.5 Å². The van der Waals surface area contributed by atoms with Gasteiger partial charge in [-0.05, 0) is 36.4 Å². The first kappa shape index (κ1) is 27.5. The maximum absolute atomic E-state index is 14.6. The predicted octanol–water partition coefficient (Wildman–Crippen LogP) is 5.43. The highest BCUT2D eigenvalue weighted by atomic mass is 19.4. The first-order valence-electron chi connectivity index (χ1n) is 11.9.